The molecule has 1 amide bonds. The summed E-state index contributed by atoms with van der Waals surface area (Å²) in [5.41, 5.74) is -0.433. The normalized spacial score (nSPS) is 17.6. The van der Waals surface area contributed by atoms with E-state index >= 15 is 0 Å². The Labute approximate surface area is 119 Å². The maximum atomic E-state index is 12.4. The van der Waals surface area contributed by atoms with Crippen LogP contribution >= 0.6 is 12.4 Å². The Morgan fingerprint density at radius 3 is 2.79 bits per heavy atom. The third-order valence-corrected chi connectivity index (χ3v) is 3.42. The number of hydrogen-bond acceptors (Lipinski definition) is 4. The fraction of sp³-hybridized carbons (Fsp3) is 0.667. The van der Waals surface area contributed by atoms with E-state index < -0.39 is 5.41 Å². The predicted octanol–water partition coefficient (Wildman–Crippen LogP) is 0.797. The molecule has 1 aliphatic rings. The number of halogens is 1. The van der Waals surface area contributed by atoms with Crippen LogP contribution < -0.4 is 10.6 Å². The molecule has 19 heavy (non-hydrogen) atoms. The van der Waals surface area contributed by atoms with E-state index in [1.165, 1.54) is 0 Å². The molecule has 0 saturated carbocycles. The summed E-state index contributed by atoms with van der Waals surface area (Å²) in [5.74, 6) is 0.598. The molecule has 2 heterocycles. The first-order valence-electron chi connectivity index (χ1n) is 6.17. The number of anilines is 1. The molecule has 1 saturated heterocycles. The van der Waals surface area contributed by atoms with Gasteiger partial charge in [0, 0.05) is 26.4 Å². The van der Waals surface area contributed by atoms with Crippen molar-refractivity contribution in [3.8, 4) is 0 Å². The number of aryl methyl sites for hydroxylation is 1. The Hall–Kier alpha value is -1.11. The average molecular weight is 289 g/mol. The Bertz CT molecular complexity index is 410. The van der Waals surface area contributed by atoms with Gasteiger partial charge in [0.05, 0.1) is 12.0 Å². The molecule has 7 heteroatoms. The Kier molecular flexibility index (Phi) is 5.78. The molecule has 0 spiro atoms. The molecule has 108 valence electrons. The Balaban J connectivity index is 0.00000180. The number of methoxy groups -OCH3 is 1. The molecule has 0 unspecified atom stereocenters. The van der Waals surface area contributed by atoms with Gasteiger partial charge in [-0.3, -0.25) is 9.48 Å². The number of nitrogens with one attached hydrogen (secondary N) is 2. The number of aromatic nitrogens is 2. The lowest BCUT2D eigenvalue weighted by Gasteiger charge is -2.35. The van der Waals surface area contributed by atoms with Gasteiger partial charge in [0.15, 0.2) is 5.82 Å². The third-order valence-electron chi connectivity index (χ3n) is 3.42. The quantitative estimate of drug-likeness (QED) is 0.860. The van der Waals surface area contributed by atoms with E-state index in [2.05, 4.69) is 15.7 Å². The summed E-state index contributed by atoms with van der Waals surface area (Å²) >= 11 is 0. The van der Waals surface area contributed by atoms with E-state index in [1.807, 2.05) is 7.05 Å². The molecule has 6 nitrogen and oxygen atoms in total. The topological polar surface area (TPSA) is 68.2 Å². The monoisotopic (exact) mass is 288 g/mol. The van der Waals surface area contributed by atoms with Crippen LogP contribution in [0.1, 0.15) is 12.8 Å². The van der Waals surface area contributed by atoms with Crippen LogP contribution in [0.2, 0.25) is 0 Å². The van der Waals surface area contributed by atoms with E-state index in [1.54, 1.807) is 24.1 Å². The van der Waals surface area contributed by atoms with Crippen LogP contribution in [-0.2, 0) is 16.6 Å². The fourth-order valence-electron chi connectivity index (χ4n) is 2.35. The van der Waals surface area contributed by atoms with Crippen molar-refractivity contribution in [1.82, 2.24) is 15.1 Å². The summed E-state index contributed by atoms with van der Waals surface area (Å²) in [6, 6.07) is 1.79. The first-order chi connectivity index (χ1) is 8.66. The van der Waals surface area contributed by atoms with Crippen molar-refractivity contribution < 1.29 is 9.53 Å². The molecule has 0 aliphatic carbocycles. The molecule has 0 aromatic carbocycles. The molecular weight excluding hydrogens is 268 g/mol. The highest BCUT2D eigenvalue weighted by Gasteiger charge is 2.39. The van der Waals surface area contributed by atoms with Crippen LogP contribution in [0, 0.1) is 5.41 Å². The van der Waals surface area contributed by atoms with Crippen LogP contribution in [0.15, 0.2) is 12.3 Å². The largest absolute Gasteiger partial charge is 0.384 e. The van der Waals surface area contributed by atoms with Gasteiger partial charge in [-0.2, -0.15) is 5.10 Å². The number of carbonyl (C=O) groups excluding carboxylic acids is 1. The van der Waals surface area contributed by atoms with Crippen LogP contribution in [-0.4, -0.2) is 42.5 Å². The van der Waals surface area contributed by atoms with Gasteiger partial charge in [0.25, 0.3) is 0 Å². The van der Waals surface area contributed by atoms with E-state index in [-0.39, 0.29) is 18.3 Å². The lowest BCUT2D eigenvalue weighted by Crippen LogP contribution is -2.47. The molecule has 2 N–H and O–H groups in total. The molecule has 0 atom stereocenters. The predicted molar refractivity (Wildman–Crippen MR) is 75.5 cm³/mol. The number of rotatable bonds is 4. The van der Waals surface area contributed by atoms with Crippen LogP contribution in [0.25, 0.3) is 0 Å². The number of hydrogen-bond donors (Lipinski definition) is 2. The number of piperidine rings is 1. The summed E-state index contributed by atoms with van der Waals surface area (Å²) in [5, 5.41) is 10.3. The third kappa shape index (κ3) is 3.68. The Morgan fingerprint density at radius 2 is 2.26 bits per heavy atom. The van der Waals surface area contributed by atoms with Gasteiger partial charge in [-0.15, -0.1) is 12.4 Å². The SMILES string of the molecule is COCC1(C(=O)Nc2ccn(C)n2)CCNCC1.Cl. The second-order valence-corrected chi connectivity index (χ2v) is 4.79. The number of ether oxygens (including phenoxy) is 1. The zero-order chi connectivity index (χ0) is 13.0. The molecule has 0 bridgehead atoms. The van der Waals surface area contributed by atoms with Crippen molar-refractivity contribution in [2.75, 3.05) is 32.1 Å². The molecule has 1 aliphatic heterocycles. The number of carbonyl (C=O) groups is 1. The summed E-state index contributed by atoms with van der Waals surface area (Å²) in [6.07, 6.45) is 3.39. The molecule has 2 rings (SSSR count). The smallest absolute Gasteiger partial charge is 0.234 e. The van der Waals surface area contributed by atoms with Gasteiger partial charge in [-0.1, -0.05) is 0 Å². The molecule has 0 radical (unpaired) electrons. The maximum absolute atomic E-state index is 12.4. The molecule has 1 fully saturated rings. The maximum Gasteiger partial charge on any atom is 0.234 e. The van der Waals surface area contributed by atoms with Crippen molar-refractivity contribution in [3.63, 3.8) is 0 Å². The van der Waals surface area contributed by atoms with Crippen molar-refractivity contribution in [1.29, 1.82) is 0 Å². The van der Waals surface area contributed by atoms with Gasteiger partial charge in [0.1, 0.15) is 0 Å². The minimum atomic E-state index is -0.433. The van der Waals surface area contributed by atoms with E-state index in [4.69, 9.17) is 4.74 Å². The van der Waals surface area contributed by atoms with Gasteiger partial charge < -0.3 is 15.4 Å². The van der Waals surface area contributed by atoms with Crippen molar-refractivity contribution in [2.45, 2.75) is 12.8 Å². The zero-order valence-electron chi connectivity index (χ0n) is 11.3. The fourth-order valence-corrected chi connectivity index (χ4v) is 2.35. The highest BCUT2D eigenvalue weighted by atomic mass is 35.5. The van der Waals surface area contributed by atoms with Gasteiger partial charge >= 0.3 is 0 Å². The van der Waals surface area contributed by atoms with Crippen LogP contribution in [0.5, 0.6) is 0 Å². The van der Waals surface area contributed by atoms with Crippen LogP contribution in [0.4, 0.5) is 5.82 Å². The summed E-state index contributed by atoms with van der Waals surface area (Å²) in [4.78, 5) is 12.4. The lowest BCUT2D eigenvalue weighted by atomic mass is 9.78. The second kappa shape index (κ2) is 6.88. The lowest BCUT2D eigenvalue weighted by molar-refractivity contribution is -0.130. The van der Waals surface area contributed by atoms with E-state index in [9.17, 15) is 4.79 Å². The summed E-state index contributed by atoms with van der Waals surface area (Å²) < 4.78 is 6.90. The van der Waals surface area contributed by atoms with Gasteiger partial charge in [-0.05, 0) is 25.9 Å². The highest BCUT2D eigenvalue weighted by molar-refractivity contribution is 5.94. The first-order valence-corrected chi connectivity index (χ1v) is 6.17. The van der Waals surface area contributed by atoms with Gasteiger partial charge in [-0.25, -0.2) is 0 Å². The number of nitrogens with zero attached hydrogens (tertiary/aromatic N) is 2. The van der Waals surface area contributed by atoms with Crippen molar-refractivity contribution >= 4 is 24.1 Å². The van der Waals surface area contributed by atoms with E-state index in [0.717, 1.165) is 25.9 Å². The summed E-state index contributed by atoms with van der Waals surface area (Å²) in [6.45, 7) is 2.14. The Morgan fingerprint density at radius 1 is 1.58 bits per heavy atom. The minimum absolute atomic E-state index is 0. The summed E-state index contributed by atoms with van der Waals surface area (Å²) in [7, 11) is 3.46. The van der Waals surface area contributed by atoms with Crippen LogP contribution in [0.3, 0.4) is 0 Å². The van der Waals surface area contributed by atoms with Gasteiger partial charge in [0.2, 0.25) is 5.91 Å². The second-order valence-electron chi connectivity index (χ2n) is 4.79. The van der Waals surface area contributed by atoms with Crippen molar-refractivity contribution in [2.24, 2.45) is 12.5 Å². The van der Waals surface area contributed by atoms with E-state index in [0.29, 0.717) is 12.4 Å². The molecule has 1 aromatic rings. The molecular formula is C12H21ClN4O2. The minimum Gasteiger partial charge on any atom is -0.384 e. The number of amides is 1. The zero-order valence-corrected chi connectivity index (χ0v) is 12.1. The first kappa shape index (κ1) is 15.9. The van der Waals surface area contributed by atoms with Crippen molar-refractivity contribution in [3.05, 3.63) is 12.3 Å². The highest BCUT2D eigenvalue weighted by Crippen LogP contribution is 2.30. The standard InChI is InChI=1S/C12H20N4O2.ClH/c1-16-8-3-10(15-16)14-11(17)12(9-18-2)4-6-13-7-5-12;/h3,8,13H,4-7,9H2,1-2H3,(H,14,15,17);1H. The molecule has 1 aromatic heterocycles. The average Bonchev–Trinajstić information content (AvgIpc) is 2.76.